The molecule has 0 radical (unpaired) electrons. The molecule has 3 aliphatic rings. The van der Waals surface area contributed by atoms with Crippen molar-refractivity contribution in [2.24, 2.45) is 17.8 Å². The zero-order valence-electron chi connectivity index (χ0n) is 12.1. The van der Waals surface area contributed by atoms with Crippen molar-refractivity contribution in [2.45, 2.75) is 32.1 Å². The van der Waals surface area contributed by atoms with Gasteiger partial charge in [0.1, 0.15) is 0 Å². The molecule has 4 rings (SSSR count). The van der Waals surface area contributed by atoms with Crippen LogP contribution in [0.4, 0.5) is 5.69 Å². The van der Waals surface area contributed by atoms with E-state index in [4.69, 9.17) is 9.47 Å². The van der Waals surface area contributed by atoms with Crippen molar-refractivity contribution in [3.05, 3.63) is 18.2 Å². The molecule has 2 bridgehead atoms. The van der Waals surface area contributed by atoms with Crippen LogP contribution in [-0.2, 0) is 4.79 Å². The number of hydrogen-bond donors (Lipinski definition) is 1. The number of benzene rings is 1. The van der Waals surface area contributed by atoms with Crippen LogP contribution in [0.15, 0.2) is 18.2 Å². The molecule has 1 aromatic rings. The second-order valence-electron chi connectivity index (χ2n) is 6.48. The van der Waals surface area contributed by atoms with Crippen LogP contribution in [0.5, 0.6) is 11.5 Å². The Morgan fingerprint density at radius 2 is 1.95 bits per heavy atom. The molecule has 4 heteroatoms. The number of nitrogens with one attached hydrogen (secondary N) is 1. The quantitative estimate of drug-likeness (QED) is 0.908. The van der Waals surface area contributed by atoms with Gasteiger partial charge >= 0.3 is 0 Å². The maximum Gasteiger partial charge on any atom is 0.227 e. The Balaban J connectivity index is 1.47. The molecule has 3 atom stereocenters. The predicted molar refractivity (Wildman–Crippen MR) is 79.6 cm³/mol. The highest BCUT2D eigenvalue weighted by Crippen LogP contribution is 2.48. The first-order valence-electron chi connectivity index (χ1n) is 8.00. The van der Waals surface area contributed by atoms with Gasteiger partial charge in [0.2, 0.25) is 5.91 Å². The first-order chi connectivity index (χ1) is 10.3. The smallest absolute Gasteiger partial charge is 0.227 e. The lowest BCUT2D eigenvalue weighted by Gasteiger charge is -2.21. The molecular formula is C17H21NO3. The molecule has 0 aromatic heterocycles. The number of amides is 1. The number of carbonyl (C=O) groups excluding carboxylic acids is 1. The van der Waals surface area contributed by atoms with Crippen molar-refractivity contribution in [2.75, 3.05) is 18.5 Å². The lowest BCUT2D eigenvalue weighted by Crippen LogP contribution is -2.27. The normalized spacial score (nSPS) is 30.0. The fourth-order valence-corrected chi connectivity index (χ4v) is 4.04. The van der Waals surface area contributed by atoms with E-state index in [1.54, 1.807) is 0 Å². The van der Waals surface area contributed by atoms with Crippen molar-refractivity contribution in [3.8, 4) is 11.5 Å². The summed E-state index contributed by atoms with van der Waals surface area (Å²) in [6, 6.07) is 5.67. The van der Waals surface area contributed by atoms with Crippen molar-refractivity contribution in [1.82, 2.24) is 0 Å². The molecule has 2 fully saturated rings. The summed E-state index contributed by atoms with van der Waals surface area (Å²) >= 11 is 0. The number of ether oxygens (including phenoxy) is 2. The second kappa shape index (κ2) is 5.24. The Labute approximate surface area is 124 Å². The SMILES string of the molecule is O=C(Nc1ccc2c(c1)OCCCO2)C1CC2CCC1C2. The molecule has 1 N–H and O–H groups in total. The third kappa shape index (κ3) is 2.47. The van der Waals surface area contributed by atoms with E-state index < -0.39 is 0 Å². The standard InChI is InChI=1S/C17H21NO3/c19-17(14-9-11-2-3-12(14)8-11)18-13-4-5-15-16(10-13)21-7-1-6-20-15/h4-5,10-12,14H,1-3,6-9H2,(H,18,19). The van der Waals surface area contributed by atoms with Crippen LogP contribution in [0, 0.1) is 17.8 Å². The van der Waals surface area contributed by atoms with Gasteiger partial charge in [0, 0.05) is 24.1 Å². The van der Waals surface area contributed by atoms with E-state index in [0.29, 0.717) is 19.1 Å². The summed E-state index contributed by atoms with van der Waals surface area (Å²) in [6.07, 6.45) is 5.75. The molecular weight excluding hydrogens is 266 g/mol. The molecule has 2 saturated carbocycles. The van der Waals surface area contributed by atoms with Gasteiger partial charge in [-0.3, -0.25) is 4.79 Å². The summed E-state index contributed by atoms with van der Waals surface area (Å²) < 4.78 is 11.3. The maximum atomic E-state index is 12.5. The molecule has 3 unspecified atom stereocenters. The van der Waals surface area contributed by atoms with E-state index in [0.717, 1.165) is 35.9 Å². The predicted octanol–water partition coefficient (Wildman–Crippen LogP) is 3.22. The molecule has 2 aliphatic carbocycles. The van der Waals surface area contributed by atoms with Gasteiger partial charge in [-0.25, -0.2) is 0 Å². The average molecular weight is 287 g/mol. The lowest BCUT2D eigenvalue weighted by molar-refractivity contribution is -0.121. The number of fused-ring (bicyclic) bond motifs is 3. The van der Waals surface area contributed by atoms with Crippen LogP contribution in [0.1, 0.15) is 32.1 Å². The highest BCUT2D eigenvalue weighted by atomic mass is 16.5. The van der Waals surface area contributed by atoms with E-state index in [1.807, 2.05) is 18.2 Å². The van der Waals surface area contributed by atoms with E-state index in [2.05, 4.69) is 5.32 Å². The highest BCUT2D eigenvalue weighted by Gasteiger charge is 2.43. The van der Waals surface area contributed by atoms with E-state index in [1.165, 1.54) is 19.3 Å². The molecule has 1 heterocycles. The first kappa shape index (κ1) is 13.0. The van der Waals surface area contributed by atoms with Crippen molar-refractivity contribution in [1.29, 1.82) is 0 Å². The summed E-state index contributed by atoms with van der Waals surface area (Å²) in [7, 11) is 0. The Hall–Kier alpha value is -1.71. The van der Waals surface area contributed by atoms with Crippen molar-refractivity contribution >= 4 is 11.6 Å². The van der Waals surface area contributed by atoms with Gasteiger partial charge in [-0.15, -0.1) is 0 Å². The van der Waals surface area contributed by atoms with Crippen LogP contribution < -0.4 is 14.8 Å². The fourth-order valence-electron chi connectivity index (χ4n) is 4.04. The second-order valence-corrected chi connectivity index (χ2v) is 6.48. The van der Waals surface area contributed by atoms with Gasteiger partial charge in [-0.1, -0.05) is 6.42 Å². The maximum absolute atomic E-state index is 12.5. The van der Waals surface area contributed by atoms with Gasteiger partial charge in [0.15, 0.2) is 11.5 Å². The zero-order valence-corrected chi connectivity index (χ0v) is 12.1. The van der Waals surface area contributed by atoms with Crippen LogP contribution >= 0.6 is 0 Å². The fraction of sp³-hybridized carbons (Fsp3) is 0.588. The number of carbonyl (C=O) groups is 1. The van der Waals surface area contributed by atoms with Crippen LogP contribution in [-0.4, -0.2) is 19.1 Å². The van der Waals surface area contributed by atoms with Crippen LogP contribution in [0.3, 0.4) is 0 Å². The van der Waals surface area contributed by atoms with Gasteiger partial charge < -0.3 is 14.8 Å². The summed E-state index contributed by atoms with van der Waals surface area (Å²) in [5.41, 5.74) is 0.812. The Morgan fingerprint density at radius 1 is 1.10 bits per heavy atom. The summed E-state index contributed by atoms with van der Waals surface area (Å²) in [5.74, 6) is 3.28. The van der Waals surface area contributed by atoms with E-state index in [-0.39, 0.29) is 11.8 Å². The minimum atomic E-state index is 0.177. The molecule has 1 aliphatic heterocycles. The van der Waals surface area contributed by atoms with E-state index >= 15 is 0 Å². The summed E-state index contributed by atoms with van der Waals surface area (Å²) in [5, 5.41) is 3.06. The van der Waals surface area contributed by atoms with Crippen LogP contribution in [0.25, 0.3) is 0 Å². The molecule has 21 heavy (non-hydrogen) atoms. The minimum absolute atomic E-state index is 0.177. The summed E-state index contributed by atoms with van der Waals surface area (Å²) in [4.78, 5) is 12.5. The summed E-state index contributed by atoms with van der Waals surface area (Å²) in [6.45, 7) is 1.35. The topological polar surface area (TPSA) is 47.6 Å². The monoisotopic (exact) mass is 287 g/mol. The highest BCUT2D eigenvalue weighted by molar-refractivity contribution is 5.93. The van der Waals surface area contributed by atoms with E-state index in [9.17, 15) is 4.79 Å². The number of hydrogen-bond acceptors (Lipinski definition) is 3. The third-order valence-electron chi connectivity index (χ3n) is 5.09. The van der Waals surface area contributed by atoms with Crippen molar-refractivity contribution < 1.29 is 14.3 Å². The lowest BCUT2D eigenvalue weighted by atomic mass is 9.88. The third-order valence-corrected chi connectivity index (χ3v) is 5.09. The van der Waals surface area contributed by atoms with Crippen LogP contribution in [0.2, 0.25) is 0 Å². The Morgan fingerprint density at radius 3 is 2.71 bits per heavy atom. The van der Waals surface area contributed by atoms with Gasteiger partial charge in [0.25, 0.3) is 0 Å². The van der Waals surface area contributed by atoms with Gasteiger partial charge in [-0.05, 0) is 43.2 Å². The van der Waals surface area contributed by atoms with Gasteiger partial charge in [-0.2, -0.15) is 0 Å². The number of anilines is 1. The molecule has 0 spiro atoms. The first-order valence-corrected chi connectivity index (χ1v) is 8.00. The Kier molecular flexibility index (Phi) is 3.24. The van der Waals surface area contributed by atoms with Gasteiger partial charge in [0.05, 0.1) is 13.2 Å². The molecule has 1 aromatic carbocycles. The number of rotatable bonds is 2. The Bertz CT molecular complexity index is 557. The molecule has 112 valence electrons. The largest absolute Gasteiger partial charge is 0.490 e. The molecule has 1 amide bonds. The zero-order chi connectivity index (χ0) is 14.2. The van der Waals surface area contributed by atoms with Crippen molar-refractivity contribution in [3.63, 3.8) is 0 Å². The minimum Gasteiger partial charge on any atom is -0.490 e. The molecule has 4 nitrogen and oxygen atoms in total. The average Bonchev–Trinajstić information content (AvgIpc) is 3.04. The molecule has 0 saturated heterocycles.